The van der Waals surface area contributed by atoms with Gasteiger partial charge in [-0.2, -0.15) is 5.10 Å². The maximum atomic E-state index is 12.5. The van der Waals surface area contributed by atoms with E-state index in [1.54, 1.807) is 6.20 Å². The monoisotopic (exact) mass is 328 g/mol. The molecule has 7 heteroatoms. The fourth-order valence-corrected chi connectivity index (χ4v) is 3.01. The molecule has 0 saturated carbocycles. The number of fused-ring (bicyclic) bond motifs is 1. The molecule has 3 heterocycles. The van der Waals surface area contributed by atoms with Gasteiger partial charge in [0.25, 0.3) is 0 Å². The molecule has 0 bridgehead atoms. The Balaban J connectivity index is 1.55. The quantitative estimate of drug-likeness (QED) is 0.875. The number of nitrogens with zero attached hydrogens (tertiary/aromatic N) is 5. The van der Waals surface area contributed by atoms with Gasteiger partial charge in [-0.3, -0.25) is 4.79 Å². The van der Waals surface area contributed by atoms with Crippen LogP contribution in [0.2, 0.25) is 0 Å². The Hall–Kier alpha value is -2.44. The summed E-state index contributed by atoms with van der Waals surface area (Å²) in [5.74, 6) is 1.98. The third-order valence-electron chi connectivity index (χ3n) is 4.36. The van der Waals surface area contributed by atoms with Crippen molar-refractivity contribution in [2.45, 2.75) is 46.2 Å². The molecule has 0 unspecified atom stereocenters. The van der Waals surface area contributed by atoms with Gasteiger partial charge in [-0.1, -0.05) is 0 Å². The van der Waals surface area contributed by atoms with Crippen LogP contribution < -0.4 is 5.32 Å². The summed E-state index contributed by atoms with van der Waals surface area (Å²) in [5.41, 5.74) is 2.11. The standard InChI is InChI=1S/C17H24N6O/c1-3-18-16-11-14-12-23(9-6-15(14)20-21-16)17(24)5-4-8-22-10-7-19-13(22)2/h7,10-11H,3-6,8-9,12H2,1-2H3,(H,18,21). The molecule has 0 atom stereocenters. The number of carbonyl (C=O) groups excluding carboxylic acids is 1. The molecule has 24 heavy (non-hydrogen) atoms. The maximum Gasteiger partial charge on any atom is 0.222 e. The van der Waals surface area contributed by atoms with E-state index in [0.717, 1.165) is 55.4 Å². The number of aromatic nitrogens is 4. The van der Waals surface area contributed by atoms with E-state index >= 15 is 0 Å². The molecular weight excluding hydrogens is 304 g/mol. The summed E-state index contributed by atoms with van der Waals surface area (Å²) in [7, 11) is 0. The molecule has 1 aliphatic heterocycles. The molecule has 0 aromatic carbocycles. The number of rotatable bonds is 6. The summed E-state index contributed by atoms with van der Waals surface area (Å²) in [5, 5.41) is 11.6. The molecule has 0 saturated heterocycles. The topological polar surface area (TPSA) is 75.9 Å². The summed E-state index contributed by atoms with van der Waals surface area (Å²) in [6, 6.07) is 2.01. The van der Waals surface area contributed by atoms with E-state index in [4.69, 9.17) is 0 Å². The summed E-state index contributed by atoms with van der Waals surface area (Å²) < 4.78 is 2.08. The number of amides is 1. The van der Waals surface area contributed by atoms with Gasteiger partial charge in [-0.15, -0.1) is 5.10 Å². The first-order valence-corrected chi connectivity index (χ1v) is 8.52. The van der Waals surface area contributed by atoms with Gasteiger partial charge in [0.15, 0.2) is 0 Å². The van der Waals surface area contributed by atoms with Gasteiger partial charge < -0.3 is 14.8 Å². The lowest BCUT2D eigenvalue weighted by Crippen LogP contribution is -2.36. The van der Waals surface area contributed by atoms with Gasteiger partial charge in [0.1, 0.15) is 11.6 Å². The van der Waals surface area contributed by atoms with Crippen molar-refractivity contribution < 1.29 is 4.79 Å². The van der Waals surface area contributed by atoms with E-state index in [2.05, 4.69) is 25.1 Å². The minimum absolute atomic E-state index is 0.209. The van der Waals surface area contributed by atoms with Crippen molar-refractivity contribution in [2.75, 3.05) is 18.4 Å². The Labute approximate surface area is 142 Å². The number of aryl methyl sites for hydroxylation is 2. The molecule has 7 nitrogen and oxygen atoms in total. The predicted octanol–water partition coefficient (Wildman–Crippen LogP) is 1.78. The van der Waals surface area contributed by atoms with E-state index in [-0.39, 0.29) is 5.91 Å². The normalized spacial score (nSPS) is 13.7. The molecule has 1 aliphatic rings. The van der Waals surface area contributed by atoms with Crippen LogP contribution in [0.3, 0.4) is 0 Å². The van der Waals surface area contributed by atoms with Crippen molar-refractivity contribution in [1.29, 1.82) is 0 Å². The SMILES string of the molecule is CCNc1cc2c(nn1)CCN(C(=O)CCCn1ccnc1C)C2. The van der Waals surface area contributed by atoms with Gasteiger partial charge in [0.2, 0.25) is 5.91 Å². The first-order valence-electron chi connectivity index (χ1n) is 8.52. The fourth-order valence-electron chi connectivity index (χ4n) is 3.01. The molecule has 3 rings (SSSR count). The Bertz CT molecular complexity index is 711. The minimum atomic E-state index is 0.209. The highest BCUT2D eigenvalue weighted by atomic mass is 16.2. The molecule has 0 spiro atoms. The second-order valence-corrected chi connectivity index (χ2v) is 6.07. The predicted molar refractivity (Wildman–Crippen MR) is 91.5 cm³/mol. The second-order valence-electron chi connectivity index (χ2n) is 6.07. The third kappa shape index (κ3) is 3.72. The molecule has 0 aliphatic carbocycles. The van der Waals surface area contributed by atoms with E-state index in [1.165, 1.54) is 0 Å². The van der Waals surface area contributed by atoms with E-state index < -0.39 is 0 Å². The highest BCUT2D eigenvalue weighted by Crippen LogP contribution is 2.19. The van der Waals surface area contributed by atoms with Crippen molar-refractivity contribution in [1.82, 2.24) is 24.6 Å². The first-order chi connectivity index (χ1) is 11.7. The Morgan fingerprint density at radius 1 is 1.38 bits per heavy atom. The van der Waals surface area contributed by atoms with Crippen LogP contribution in [0.5, 0.6) is 0 Å². The first kappa shape index (κ1) is 16.4. The zero-order chi connectivity index (χ0) is 16.9. The lowest BCUT2D eigenvalue weighted by Gasteiger charge is -2.28. The van der Waals surface area contributed by atoms with Gasteiger partial charge in [-0.05, 0) is 31.9 Å². The largest absolute Gasteiger partial charge is 0.369 e. The number of carbonyl (C=O) groups is 1. The van der Waals surface area contributed by atoms with Crippen LogP contribution in [0.4, 0.5) is 5.82 Å². The lowest BCUT2D eigenvalue weighted by atomic mass is 10.1. The van der Waals surface area contributed by atoms with Crippen molar-refractivity contribution in [3.63, 3.8) is 0 Å². The van der Waals surface area contributed by atoms with Gasteiger partial charge in [-0.25, -0.2) is 4.98 Å². The highest BCUT2D eigenvalue weighted by molar-refractivity contribution is 5.76. The van der Waals surface area contributed by atoms with Crippen LogP contribution in [0.25, 0.3) is 0 Å². The van der Waals surface area contributed by atoms with Crippen LogP contribution in [0, 0.1) is 6.92 Å². The van der Waals surface area contributed by atoms with Gasteiger partial charge in [0, 0.05) is 51.4 Å². The number of hydrogen-bond acceptors (Lipinski definition) is 5. The summed E-state index contributed by atoms with van der Waals surface area (Å²) >= 11 is 0. The average molecular weight is 328 g/mol. The second kappa shape index (κ2) is 7.42. The van der Waals surface area contributed by atoms with Gasteiger partial charge >= 0.3 is 0 Å². The lowest BCUT2D eigenvalue weighted by molar-refractivity contribution is -0.132. The number of nitrogens with one attached hydrogen (secondary N) is 1. The number of hydrogen-bond donors (Lipinski definition) is 1. The summed E-state index contributed by atoms with van der Waals surface area (Å²) in [6.45, 7) is 7.00. The van der Waals surface area contributed by atoms with Gasteiger partial charge in [0.05, 0.1) is 5.69 Å². The number of imidazole rings is 1. The molecular formula is C17H24N6O. The Morgan fingerprint density at radius 2 is 2.25 bits per heavy atom. The van der Waals surface area contributed by atoms with E-state index in [0.29, 0.717) is 13.0 Å². The van der Waals surface area contributed by atoms with Crippen LogP contribution in [-0.2, 0) is 24.3 Å². The fraction of sp³-hybridized carbons (Fsp3) is 0.529. The molecule has 1 N–H and O–H groups in total. The van der Waals surface area contributed by atoms with Crippen molar-refractivity contribution >= 4 is 11.7 Å². The molecule has 2 aromatic heterocycles. The Morgan fingerprint density at radius 3 is 3.00 bits per heavy atom. The zero-order valence-electron chi connectivity index (χ0n) is 14.3. The van der Waals surface area contributed by atoms with Crippen molar-refractivity contribution in [2.24, 2.45) is 0 Å². The molecule has 2 aromatic rings. The Kier molecular flexibility index (Phi) is 5.08. The highest BCUT2D eigenvalue weighted by Gasteiger charge is 2.22. The smallest absolute Gasteiger partial charge is 0.222 e. The molecule has 0 fully saturated rings. The molecule has 128 valence electrons. The zero-order valence-corrected chi connectivity index (χ0v) is 14.3. The maximum absolute atomic E-state index is 12.5. The van der Waals surface area contributed by atoms with Crippen LogP contribution in [0.15, 0.2) is 18.5 Å². The molecule has 1 amide bonds. The van der Waals surface area contributed by atoms with Crippen LogP contribution >= 0.6 is 0 Å². The minimum Gasteiger partial charge on any atom is -0.369 e. The third-order valence-corrected chi connectivity index (χ3v) is 4.36. The van der Waals surface area contributed by atoms with Crippen LogP contribution in [0.1, 0.15) is 36.8 Å². The van der Waals surface area contributed by atoms with Crippen LogP contribution in [-0.4, -0.2) is 43.6 Å². The average Bonchev–Trinajstić information content (AvgIpc) is 2.99. The summed E-state index contributed by atoms with van der Waals surface area (Å²) in [4.78, 5) is 18.6. The molecule has 0 radical (unpaired) electrons. The van der Waals surface area contributed by atoms with E-state index in [9.17, 15) is 4.79 Å². The summed E-state index contributed by atoms with van der Waals surface area (Å²) in [6.07, 6.45) is 5.92. The van der Waals surface area contributed by atoms with Crippen molar-refractivity contribution in [3.05, 3.63) is 35.5 Å². The van der Waals surface area contributed by atoms with Crippen molar-refractivity contribution in [3.8, 4) is 0 Å². The number of anilines is 1. The van der Waals surface area contributed by atoms with E-state index in [1.807, 2.05) is 31.0 Å².